The summed E-state index contributed by atoms with van der Waals surface area (Å²) >= 11 is 5.93. The van der Waals surface area contributed by atoms with E-state index in [0.29, 0.717) is 23.3 Å². The molecule has 2 heterocycles. The summed E-state index contributed by atoms with van der Waals surface area (Å²) in [5.74, 6) is 2.70. The largest absolute Gasteiger partial charge is 0.493 e. The Kier molecular flexibility index (Phi) is 5.01. The summed E-state index contributed by atoms with van der Waals surface area (Å²) in [6.45, 7) is 2.32. The molecule has 1 aliphatic heterocycles. The summed E-state index contributed by atoms with van der Waals surface area (Å²) < 4.78 is 16.3. The van der Waals surface area contributed by atoms with Gasteiger partial charge in [-0.2, -0.15) is 4.98 Å². The van der Waals surface area contributed by atoms with Crippen LogP contribution in [-0.2, 0) is 19.5 Å². The Labute approximate surface area is 162 Å². The lowest BCUT2D eigenvalue weighted by Crippen LogP contribution is -2.30. The van der Waals surface area contributed by atoms with Gasteiger partial charge in [0.15, 0.2) is 11.5 Å². The van der Waals surface area contributed by atoms with Crippen LogP contribution in [0.3, 0.4) is 0 Å². The first-order chi connectivity index (χ1) is 13.2. The van der Waals surface area contributed by atoms with Gasteiger partial charge >= 0.3 is 0 Å². The fourth-order valence-electron chi connectivity index (χ4n) is 3.30. The lowest BCUT2D eigenvalue weighted by Gasteiger charge is -2.28. The van der Waals surface area contributed by atoms with Crippen LogP contribution in [0.2, 0.25) is 5.02 Å². The average Bonchev–Trinajstić information content (AvgIpc) is 3.15. The summed E-state index contributed by atoms with van der Waals surface area (Å²) in [6.07, 6.45) is 0.938. The molecule has 140 valence electrons. The average molecular weight is 386 g/mol. The van der Waals surface area contributed by atoms with Crippen molar-refractivity contribution in [1.82, 2.24) is 15.0 Å². The SMILES string of the molecule is COc1cc2c(cc1OC)CN(Cc1nc(-c3ccc(Cl)cc3)no1)CC2. The maximum atomic E-state index is 5.93. The number of aromatic nitrogens is 2. The van der Waals surface area contributed by atoms with Gasteiger partial charge < -0.3 is 14.0 Å². The number of hydrogen-bond donors (Lipinski definition) is 0. The minimum absolute atomic E-state index is 0.575. The number of nitrogens with zero attached hydrogens (tertiary/aromatic N) is 3. The molecule has 27 heavy (non-hydrogen) atoms. The van der Waals surface area contributed by atoms with Gasteiger partial charge in [0.1, 0.15) is 0 Å². The van der Waals surface area contributed by atoms with E-state index in [0.717, 1.165) is 36.6 Å². The second-order valence-corrected chi connectivity index (χ2v) is 6.89. The van der Waals surface area contributed by atoms with Gasteiger partial charge in [-0.25, -0.2) is 0 Å². The van der Waals surface area contributed by atoms with E-state index in [4.69, 9.17) is 25.6 Å². The molecule has 0 bridgehead atoms. The zero-order valence-electron chi connectivity index (χ0n) is 15.2. The predicted molar refractivity (Wildman–Crippen MR) is 102 cm³/mol. The molecule has 3 aromatic rings. The summed E-state index contributed by atoms with van der Waals surface area (Å²) in [6, 6.07) is 11.5. The molecular formula is C20H20ClN3O3. The number of benzene rings is 2. The topological polar surface area (TPSA) is 60.6 Å². The quantitative estimate of drug-likeness (QED) is 0.662. The molecule has 4 rings (SSSR count). The Morgan fingerprint density at radius 3 is 2.48 bits per heavy atom. The lowest BCUT2D eigenvalue weighted by molar-refractivity contribution is 0.210. The number of methoxy groups -OCH3 is 2. The number of hydrogen-bond acceptors (Lipinski definition) is 6. The van der Waals surface area contributed by atoms with Crippen LogP contribution in [0.1, 0.15) is 17.0 Å². The minimum Gasteiger partial charge on any atom is -0.493 e. The van der Waals surface area contributed by atoms with E-state index >= 15 is 0 Å². The first kappa shape index (κ1) is 17.8. The zero-order chi connectivity index (χ0) is 18.8. The van der Waals surface area contributed by atoms with E-state index in [1.807, 2.05) is 30.3 Å². The molecule has 0 spiro atoms. The molecule has 7 heteroatoms. The van der Waals surface area contributed by atoms with E-state index in [9.17, 15) is 0 Å². The van der Waals surface area contributed by atoms with Gasteiger partial charge in [0.05, 0.1) is 20.8 Å². The molecule has 0 fully saturated rings. The highest BCUT2D eigenvalue weighted by atomic mass is 35.5. The van der Waals surface area contributed by atoms with Crippen molar-refractivity contribution in [2.24, 2.45) is 0 Å². The Morgan fingerprint density at radius 2 is 1.78 bits per heavy atom. The normalized spacial score (nSPS) is 14.0. The Bertz CT molecular complexity index is 940. The molecule has 1 aliphatic rings. The van der Waals surface area contributed by atoms with Gasteiger partial charge in [-0.15, -0.1) is 0 Å². The molecule has 0 saturated carbocycles. The fourth-order valence-corrected chi connectivity index (χ4v) is 3.43. The third-order valence-corrected chi connectivity index (χ3v) is 4.98. The molecule has 1 aromatic heterocycles. The van der Waals surface area contributed by atoms with Crippen molar-refractivity contribution >= 4 is 11.6 Å². The van der Waals surface area contributed by atoms with Gasteiger partial charge in [-0.3, -0.25) is 4.90 Å². The van der Waals surface area contributed by atoms with Crippen LogP contribution in [0.25, 0.3) is 11.4 Å². The second kappa shape index (κ2) is 7.58. The van der Waals surface area contributed by atoms with Gasteiger partial charge in [0.25, 0.3) is 0 Å². The standard InChI is InChI=1S/C20H20ClN3O3/c1-25-17-9-14-7-8-24(11-15(14)10-18(17)26-2)12-19-22-20(23-27-19)13-3-5-16(21)6-4-13/h3-6,9-10H,7-8,11-12H2,1-2H3. The van der Waals surface area contributed by atoms with Crippen LogP contribution in [0.15, 0.2) is 40.9 Å². The lowest BCUT2D eigenvalue weighted by atomic mass is 9.99. The van der Waals surface area contributed by atoms with Crippen LogP contribution in [0.4, 0.5) is 0 Å². The molecular weight excluding hydrogens is 366 g/mol. The Morgan fingerprint density at radius 1 is 1.07 bits per heavy atom. The maximum absolute atomic E-state index is 5.93. The second-order valence-electron chi connectivity index (χ2n) is 6.46. The van der Waals surface area contributed by atoms with Crippen molar-refractivity contribution in [2.45, 2.75) is 19.5 Å². The van der Waals surface area contributed by atoms with E-state index in [-0.39, 0.29) is 0 Å². The Hall–Kier alpha value is -2.57. The molecule has 0 saturated heterocycles. The molecule has 0 atom stereocenters. The van der Waals surface area contributed by atoms with Crippen molar-refractivity contribution < 1.29 is 14.0 Å². The highest BCUT2D eigenvalue weighted by Crippen LogP contribution is 2.33. The number of halogens is 1. The minimum atomic E-state index is 0.575. The fraction of sp³-hybridized carbons (Fsp3) is 0.300. The van der Waals surface area contributed by atoms with Crippen LogP contribution in [0, 0.1) is 0 Å². The van der Waals surface area contributed by atoms with E-state index < -0.39 is 0 Å². The molecule has 0 radical (unpaired) electrons. The molecule has 0 unspecified atom stereocenters. The van der Waals surface area contributed by atoms with Crippen LogP contribution < -0.4 is 9.47 Å². The number of rotatable bonds is 5. The molecule has 6 nitrogen and oxygen atoms in total. The first-order valence-electron chi connectivity index (χ1n) is 8.71. The zero-order valence-corrected chi connectivity index (χ0v) is 16.0. The van der Waals surface area contributed by atoms with Gasteiger partial charge in [0.2, 0.25) is 11.7 Å². The van der Waals surface area contributed by atoms with Crippen molar-refractivity contribution in [3.63, 3.8) is 0 Å². The van der Waals surface area contributed by atoms with Crippen LogP contribution in [0.5, 0.6) is 11.5 Å². The summed E-state index contributed by atoms with van der Waals surface area (Å²) in [7, 11) is 3.31. The van der Waals surface area contributed by atoms with Crippen molar-refractivity contribution in [3.8, 4) is 22.9 Å². The van der Waals surface area contributed by atoms with Crippen molar-refractivity contribution in [1.29, 1.82) is 0 Å². The molecule has 2 aromatic carbocycles. The highest BCUT2D eigenvalue weighted by Gasteiger charge is 2.21. The van der Waals surface area contributed by atoms with Crippen LogP contribution in [-0.4, -0.2) is 35.8 Å². The third kappa shape index (κ3) is 3.77. The van der Waals surface area contributed by atoms with Crippen molar-refractivity contribution in [2.75, 3.05) is 20.8 Å². The molecule has 0 amide bonds. The summed E-state index contributed by atoms with van der Waals surface area (Å²) in [4.78, 5) is 6.80. The molecule has 0 N–H and O–H groups in total. The van der Waals surface area contributed by atoms with E-state index in [1.54, 1.807) is 14.2 Å². The Balaban J connectivity index is 1.48. The smallest absolute Gasteiger partial charge is 0.241 e. The highest BCUT2D eigenvalue weighted by molar-refractivity contribution is 6.30. The van der Waals surface area contributed by atoms with Gasteiger partial charge in [-0.05, 0) is 53.9 Å². The van der Waals surface area contributed by atoms with Gasteiger partial charge in [0, 0.05) is 23.7 Å². The summed E-state index contributed by atoms with van der Waals surface area (Å²) in [5.41, 5.74) is 3.41. The van der Waals surface area contributed by atoms with E-state index in [2.05, 4.69) is 21.1 Å². The number of fused-ring (bicyclic) bond motifs is 1. The van der Waals surface area contributed by atoms with Crippen LogP contribution >= 0.6 is 11.6 Å². The maximum Gasteiger partial charge on any atom is 0.241 e. The predicted octanol–water partition coefficient (Wildman–Crippen LogP) is 3.97. The monoisotopic (exact) mass is 385 g/mol. The van der Waals surface area contributed by atoms with E-state index in [1.165, 1.54) is 11.1 Å². The molecule has 0 aliphatic carbocycles. The van der Waals surface area contributed by atoms with Gasteiger partial charge in [-0.1, -0.05) is 16.8 Å². The number of ether oxygens (including phenoxy) is 2. The summed E-state index contributed by atoms with van der Waals surface area (Å²) in [5, 5.41) is 4.77. The third-order valence-electron chi connectivity index (χ3n) is 4.73. The first-order valence-corrected chi connectivity index (χ1v) is 9.08. The van der Waals surface area contributed by atoms with Crippen molar-refractivity contribution in [3.05, 3.63) is 58.4 Å².